The number of rotatable bonds is 5. The van der Waals surface area contributed by atoms with Crippen molar-refractivity contribution in [3.8, 4) is 5.69 Å². The number of aromatic nitrogens is 2. The summed E-state index contributed by atoms with van der Waals surface area (Å²) in [4.78, 5) is 23.8. The Morgan fingerprint density at radius 3 is 2.59 bits per heavy atom. The maximum atomic E-state index is 12.5. The van der Waals surface area contributed by atoms with Crippen molar-refractivity contribution in [2.24, 2.45) is 0 Å². The Balaban J connectivity index is 1.70. The quantitative estimate of drug-likeness (QED) is 0.644. The molecule has 3 rings (SSSR count). The molecule has 1 heterocycles. The molecule has 0 bridgehead atoms. The van der Waals surface area contributed by atoms with Gasteiger partial charge in [0, 0.05) is 23.3 Å². The summed E-state index contributed by atoms with van der Waals surface area (Å²) in [6.45, 7) is 3.35. The summed E-state index contributed by atoms with van der Waals surface area (Å²) in [6, 6.07) is 14.8. The molecule has 6 nitrogen and oxygen atoms in total. The first kappa shape index (κ1) is 18.8. The van der Waals surface area contributed by atoms with E-state index in [1.165, 1.54) is 13.1 Å². The molecule has 0 spiro atoms. The number of carbonyl (C=O) groups is 2. The molecule has 2 aromatic carbocycles. The number of nitrogens with one attached hydrogen (secondary N) is 2. The molecule has 1 atom stereocenters. The van der Waals surface area contributed by atoms with Crippen LogP contribution < -0.4 is 10.6 Å². The third-order valence-electron chi connectivity index (χ3n) is 3.99. The minimum absolute atomic E-state index is 0.135. The van der Waals surface area contributed by atoms with E-state index in [0.717, 1.165) is 15.7 Å². The van der Waals surface area contributed by atoms with E-state index in [9.17, 15) is 9.59 Å². The summed E-state index contributed by atoms with van der Waals surface area (Å²) in [5.74, 6) is -0.347. The van der Waals surface area contributed by atoms with Crippen molar-refractivity contribution >= 4 is 33.4 Å². The topological polar surface area (TPSA) is 76.0 Å². The first-order valence-corrected chi connectivity index (χ1v) is 9.21. The molecule has 0 fully saturated rings. The van der Waals surface area contributed by atoms with E-state index in [1.54, 1.807) is 10.9 Å². The molecule has 2 amide bonds. The lowest BCUT2D eigenvalue weighted by Gasteiger charge is -2.15. The number of hydrogen-bond donors (Lipinski definition) is 2. The van der Waals surface area contributed by atoms with Gasteiger partial charge in [-0.3, -0.25) is 9.59 Å². The number of benzene rings is 2. The van der Waals surface area contributed by atoms with Crippen LogP contribution in [0.5, 0.6) is 0 Å². The van der Waals surface area contributed by atoms with Crippen LogP contribution in [0.25, 0.3) is 5.69 Å². The van der Waals surface area contributed by atoms with E-state index in [2.05, 4.69) is 31.7 Å². The molecule has 3 aromatic rings. The maximum absolute atomic E-state index is 12.5. The minimum Gasteiger partial charge on any atom is -0.345 e. The zero-order valence-electron chi connectivity index (χ0n) is 14.9. The number of amides is 2. The summed E-state index contributed by atoms with van der Waals surface area (Å²) in [7, 11) is 0. The molecule has 138 valence electrons. The third-order valence-corrected chi connectivity index (χ3v) is 4.52. The number of anilines is 1. The van der Waals surface area contributed by atoms with Gasteiger partial charge < -0.3 is 10.6 Å². The molecule has 27 heavy (non-hydrogen) atoms. The summed E-state index contributed by atoms with van der Waals surface area (Å²) < 4.78 is 2.63. The van der Waals surface area contributed by atoms with Gasteiger partial charge in [-0.05, 0) is 48.9 Å². The van der Waals surface area contributed by atoms with Crippen molar-refractivity contribution in [1.29, 1.82) is 0 Å². The molecule has 0 aliphatic heterocycles. The van der Waals surface area contributed by atoms with Crippen molar-refractivity contribution < 1.29 is 9.59 Å². The van der Waals surface area contributed by atoms with Crippen LogP contribution in [0.1, 0.15) is 35.8 Å². The fourth-order valence-electron chi connectivity index (χ4n) is 2.63. The largest absolute Gasteiger partial charge is 0.345 e. The molecule has 0 saturated carbocycles. The Morgan fingerprint density at radius 2 is 1.89 bits per heavy atom. The lowest BCUT2D eigenvalue weighted by Crippen LogP contribution is -2.26. The second-order valence-electron chi connectivity index (χ2n) is 6.15. The van der Waals surface area contributed by atoms with Crippen LogP contribution in [0.4, 0.5) is 5.69 Å². The Hall–Kier alpha value is -2.93. The van der Waals surface area contributed by atoms with Gasteiger partial charge >= 0.3 is 0 Å². The van der Waals surface area contributed by atoms with Gasteiger partial charge in [-0.2, -0.15) is 5.10 Å². The number of hydrogen-bond acceptors (Lipinski definition) is 3. The molecular formula is C20H19BrN4O2. The highest BCUT2D eigenvalue weighted by Gasteiger charge is 2.14. The highest BCUT2D eigenvalue weighted by molar-refractivity contribution is 9.10. The van der Waals surface area contributed by atoms with Gasteiger partial charge in [0.15, 0.2) is 0 Å². The van der Waals surface area contributed by atoms with Crippen molar-refractivity contribution in [1.82, 2.24) is 15.1 Å². The summed E-state index contributed by atoms with van der Waals surface area (Å²) in [5, 5.41) is 9.95. The van der Waals surface area contributed by atoms with E-state index >= 15 is 0 Å². The predicted molar refractivity (Wildman–Crippen MR) is 108 cm³/mol. The van der Waals surface area contributed by atoms with Crippen LogP contribution in [-0.4, -0.2) is 21.6 Å². The summed E-state index contributed by atoms with van der Waals surface area (Å²) in [6.07, 6.45) is 3.23. The number of halogens is 1. The Kier molecular flexibility index (Phi) is 5.71. The van der Waals surface area contributed by atoms with Gasteiger partial charge in [-0.25, -0.2) is 4.68 Å². The van der Waals surface area contributed by atoms with Gasteiger partial charge in [-0.15, -0.1) is 0 Å². The van der Waals surface area contributed by atoms with Crippen molar-refractivity contribution in [3.05, 3.63) is 76.5 Å². The van der Waals surface area contributed by atoms with E-state index in [-0.39, 0.29) is 17.9 Å². The molecule has 0 aliphatic rings. The Labute approximate surface area is 165 Å². The maximum Gasteiger partial charge on any atom is 0.254 e. The van der Waals surface area contributed by atoms with Crippen LogP contribution in [0.2, 0.25) is 0 Å². The first-order valence-electron chi connectivity index (χ1n) is 8.41. The minimum atomic E-state index is -0.220. The lowest BCUT2D eigenvalue weighted by molar-refractivity contribution is -0.114. The molecule has 2 N–H and O–H groups in total. The monoisotopic (exact) mass is 426 g/mol. The van der Waals surface area contributed by atoms with Crippen LogP contribution >= 0.6 is 15.9 Å². The fourth-order valence-corrected chi connectivity index (χ4v) is 2.89. The normalized spacial score (nSPS) is 11.7. The van der Waals surface area contributed by atoms with Gasteiger partial charge in [0.2, 0.25) is 5.91 Å². The molecule has 0 aliphatic carbocycles. The van der Waals surface area contributed by atoms with Crippen LogP contribution in [0.3, 0.4) is 0 Å². The highest BCUT2D eigenvalue weighted by Crippen LogP contribution is 2.18. The van der Waals surface area contributed by atoms with Crippen molar-refractivity contribution in [2.45, 2.75) is 19.9 Å². The lowest BCUT2D eigenvalue weighted by atomic mass is 10.1. The number of nitrogens with zero attached hydrogens (tertiary/aromatic N) is 2. The zero-order chi connectivity index (χ0) is 19.4. The average Bonchev–Trinajstić information content (AvgIpc) is 3.12. The SMILES string of the molecule is CC(=O)Nc1cccc(C(C)NC(=O)c2cnn(-c3ccc(Br)cc3)c2)c1. The molecule has 1 aromatic heterocycles. The van der Waals surface area contributed by atoms with Crippen molar-refractivity contribution in [3.63, 3.8) is 0 Å². The van der Waals surface area contributed by atoms with Crippen LogP contribution in [0.15, 0.2) is 65.4 Å². The second-order valence-corrected chi connectivity index (χ2v) is 7.07. The summed E-state index contributed by atoms with van der Waals surface area (Å²) >= 11 is 3.40. The van der Waals surface area contributed by atoms with Crippen molar-refractivity contribution in [2.75, 3.05) is 5.32 Å². The van der Waals surface area contributed by atoms with E-state index in [4.69, 9.17) is 0 Å². The third kappa shape index (κ3) is 4.83. The molecule has 0 saturated heterocycles. The smallest absolute Gasteiger partial charge is 0.254 e. The average molecular weight is 427 g/mol. The number of carbonyl (C=O) groups excluding carboxylic acids is 2. The standard InChI is InChI=1S/C20H19BrN4O2/c1-13(15-4-3-5-18(10-15)24-14(2)26)23-20(27)16-11-22-25(12-16)19-8-6-17(21)7-9-19/h3-13H,1-2H3,(H,23,27)(H,24,26). The van der Waals surface area contributed by atoms with Gasteiger partial charge in [0.25, 0.3) is 5.91 Å². The Morgan fingerprint density at radius 1 is 1.15 bits per heavy atom. The van der Waals surface area contributed by atoms with E-state index < -0.39 is 0 Å². The highest BCUT2D eigenvalue weighted by atomic mass is 79.9. The van der Waals surface area contributed by atoms with Gasteiger partial charge in [0.1, 0.15) is 0 Å². The summed E-state index contributed by atoms with van der Waals surface area (Å²) in [5.41, 5.74) is 2.94. The molecule has 1 unspecified atom stereocenters. The zero-order valence-corrected chi connectivity index (χ0v) is 16.5. The fraction of sp³-hybridized carbons (Fsp3) is 0.150. The van der Waals surface area contributed by atoms with Crippen LogP contribution in [0, 0.1) is 0 Å². The molecule has 7 heteroatoms. The molecule has 0 radical (unpaired) electrons. The Bertz CT molecular complexity index is 966. The van der Waals surface area contributed by atoms with E-state index in [1.807, 2.05) is 55.5 Å². The predicted octanol–water partition coefficient (Wildman–Crippen LogP) is 4.08. The van der Waals surface area contributed by atoms with E-state index in [0.29, 0.717) is 11.3 Å². The van der Waals surface area contributed by atoms with Gasteiger partial charge in [-0.1, -0.05) is 28.1 Å². The molecular weight excluding hydrogens is 408 g/mol. The van der Waals surface area contributed by atoms with Crippen LogP contribution in [-0.2, 0) is 4.79 Å². The van der Waals surface area contributed by atoms with Gasteiger partial charge in [0.05, 0.1) is 23.5 Å². The second kappa shape index (κ2) is 8.18. The first-order chi connectivity index (χ1) is 12.9.